The molecular weight excluding hydrogens is 443 g/mol. The molecule has 0 aromatic rings. The molecule has 4 rings (SSSR count). The van der Waals surface area contributed by atoms with Gasteiger partial charge >= 0.3 is 0 Å². The molecule has 0 unspecified atom stereocenters. The smallest absolute Gasteiger partial charge is 0.235 e. The maximum absolute atomic E-state index is 17.1. The lowest BCUT2D eigenvalue weighted by Crippen LogP contribution is -2.69. The first-order valence-corrected chi connectivity index (χ1v) is 12.0. The number of nitrogens with one attached hydrogen (secondary N) is 1. The number of nitrogens with two attached hydrogens (primary N) is 1. The molecule has 9 heteroatoms. The summed E-state index contributed by atoms with van der Waals surface area (Å²) in [5, 5.41) is 25.5. The normalized spacial score (nSPS) is 45.1. The van der Waals surface area contributed by atoms with Gasteiger partial charge in [-0.2, -0.15) is 0 Å². The Morgan fingerprint density at radius 1 is 1.32 bits per heavy atom. The Morgan fingerprint density at radius 2 is 2.03 bits per heavy atom. The van der Waals surface area contributed by atoms with E-state index < -0.39 is 58.3 Å². The van der Waals surface area contributed by atoms with E-state index in [0.717, 1.165) is 0 Å². The predicted octanol–water partition coefficient (Wildman–Crippen LogP) is 0.952. The molecule has 0 heterocycles. The summed E-state index contributed by atoms with van der Waals surface area (Å²) in [6.45, 7) is 4.43. The Labute approximate surface area is 198 Å². The number of hydrogen-bond acceptors (Lipinski definition) is 7. The first-order valence-electron chi connectivity index (χ1n) is 12.0. The number of ketones is 2. The number of aliphatic hydroxyl groups is 2. The van der Waals surface area contributed by atoms with Gasteiger partial charge in [-0.1, -0.05) is 25.5 Å². The van der Waals surface area contributed by atoms with E-state index in [1.807, 2.05) is 0 Å². The first kappa shape index (κ1) is 25.2. The van der Waals surface area contributed by atoms with E-state index in [2.05, 4.69) is 5.32 Å². The van der Waals surface area contributed by atoms with Crippen LogP contribution in [-0.2, 0) is 19.1 Å². The number of carbonyl (C=O) groups is 3. The van der Waals surface area contributed by atoms with Crippen LogP contribution in [0.3, 0.4) is 0 Å². The van der Waals surface area contributed by atoms with Gasteiger partial charge in [-0.25, -0.2) is 4.39 Å². The molecule has 5 N–H and O–H groups in total. The number of hydrogen-bond donors (Lipinski definition) is 4. The Morgan fingerprint density at radius 3 is 2.71 bits per heavy atom. The number of carbonyl (C=O) groups excluding carboxylic acids is 3. The lowest BCUT2D eigenvalue weighted by molar-refractivity contribution is -0.220. The number of amides is 1. The van der Waals surface area contributed by atoms with E-state index in [0.29, 0.717) is 24.8 Å². The van der Waals surface area contributed by atoms with Gasteiger partial charge in [0.2, 0.25) is 5.91 Å². The molecule has 4 aliphatic rings. The fourth-order valence-electron chi connectivity index (χ4n) is 7.60. The second kappa shape index (κ2) is 8.33. The van der Waals surface area contributed by atoms with E-state index in [1.165, 1.54) is 12.2 Å². The standard InChI is InChI=1S/C25H35FN2O6/c1-14-8-18-17-5-4-15-9-16(29)6-7-22(15,2)24(17,26)19(30)10-23(18,3)25(14,33)20(31)12-34-13-28-21(32)11-27/h6-7,9,14,17-19,30,33H,4-5,8,10-13,27H2,1-3H3,(H,28,32)/t14-,17+,18+,19+,22+,23+,24+,25+/m1/s1. The highest BCUT2D eigenvalue weighted by atomic mass is 19.1. The monoisotopic (exact) mass is 478 g/mol. The van der Waals surface area contributed by atoms with Crippen LogP contribution in [-0.4, -0.2) is 64.9 Å². The van der Waals surface area contributed by atoms with Gasteiger partial charge in [0.25, 0.3) is 0 Å². The second-order valence-electron chi connectivity index (χ2n) is 10.9. The molecule has 0 saturated heterocycles. The minimum absolute atomic E-state index is 0.0915. The van der Waals surface area contributed by atoms with Gasteiger partial charge in [0.15, 0.2) is 17.2 Å². The number of Topliss-reactive ketones (excluding diaryl/α,β-unsaturated/α-hetero) is 1. The van der Waals surface area contributed by atoms with E-state index in [4.69, 9.17) is 10.5 Å². The molecule has 1 amide bonds. The van der Waals surface area contributed by atoms with Crippen molar-refractivity contribution in [1.29, 1.82) is 0 Å². The van der Waals surface area contributed by atoms with Crippen LogP contribution >= 0.6 is 0 Å². The third kappa shape index (κ3) is 3.20. The second-order valence-corrected chi connectivity index (χ2v) is 10.9. The quantitative estimate of drug-likeness (QED) is 0.329. The molecule has 4 aliphatic carbocycles. The summed E-state index contributed by atoms with van der Waals surface area (Å²) in [6.07, 6.45) is 4.29. The van der Waals surface area contributed by atoms with Gasteiger partial charge in [0, 0.05) is 16.7 Å². The third-order valence-electron chi connectivity index (χ3n) is 9.44. The molecule has 0 aromatic carbocycles. The van der Waals surface area contributed by atoms with Crippen molar-refractivity contribution >= 4 is 17.5 Å². The van der Waals surface area contributed by atoms with Crippen molar-refractivity contribution in [2.24, 2.45) is 34.3 Å². The molecule has 8 atom stereocenters. The molecule has 0 aromatic heterocycles. The van der Waals surface area contributed by atoms with Gasteiger partial charge in [-0.15, -0.1) is 0 Å². The number of alkyl halides is 1. The lowest BCUT2D eigenvalue weighted by atomic mass is 9.44. The summed E-state index contributed by atoms with van der Waals surface area (Å²) in [4.78, 5) is 36.5. The van der Waals surface area contributed by atoms with Crippen LogP contribution in [0.15, 0.2) is 23.8 Å². The van der Waals surface area contributed by atoms with Crippen molar-refractivity contribution in [3.05, 3.63) is 23.8 Å². The van der Waals surface area contributed by atoms with Crippen LogP contribution in [0.5, 0.6) is 0 Å². The topological polar surface area (TPSA) is 139 Å². The third-order valence-corrected chi connectivity index (χ3v) is 9.44. The zero-order valence-electron chi connectivity index (χ0n) is 20.0. The van der Waals surface area contributed by atoms with Crippen molar-refractivity contribution < 1.29 is 33.7 Å². The van der Waals surface area contributed by atoms with Gasteiger partial charge in [0.05, 0.1) is 12.6 Å². The first-order chi connectivity index (χ1) is 15.9. The van der Waals surface area contributed by atoms with E-state index >= 15 is 4.39 Å². The number of aliphatic hydroxyl groups excluding tert-OH is 1. The van der Waals surface area contributed by atoms with E-state index in [-0.39, 0.29) is 31.4 Å². The van der Waals surface area contributed by atoms with Gasteiger partial charge in [0.1, 0.15) is 18.9 Å². The molecule has 0 spiro atoms. The molecule has 3 fully saturated rings. The molecule has 188 valence electrons. The SMILES string of the molecule is C[C@@H]1C[C@H]2[C@@H]3CCC4=CC(=O)C=C[C@]4(C)[C@@]3(F)[C@@H](O)C[C@]2(C)[C@@]1(O)C(=O)COCNC(=O)CN. The molecular formula is C25H35FN2O6. The molecule has 0 bridgehead atoms. The van der Waals surface area contributed by atoms with Gasteiger partial charge < -0.3 is 26.0 Å². The van der Waals surface area contributed by atoms with Crippen molar-refractivity contribution in [3.63, 3.8) is 0 Å². The van der Waals surface area contributed by atoms with Crippen molar-refractivity contribution in [2.75, 3.05) is 19.9 Å². The largest absolute Gasteiger partial charge is 0.390 e. The predicted molar refractivity (Wildman–Crippen MR) is 121 cm³/mol. The van der Waals surface area contributed by atoms with Gasteiger partial charge in [-0.05, 0) is 56.6 Å². The number of ether oxygens (including phenoxy) is 1. The Balaban J connectivity index is 1.62. The fourth-order valence-corrected chi connectivity index (χ4v) is 7.60. The van der Waals surface area contributed by atoms with Gasteiger partial charge in [-0.3, -0.25) is 14.4 Å². The lowest BCUT2D eigenvalue weighted by Gasteiger charge is -2.62. The Kier molecular flexibility index (Phi) is 6.16. The van der Waals surface area contributed by atoms with Crippen molar-refractivity contribution in [2.45, 2.75) is 63.8 Å². The number of allylic oxidation sites excluding steroid dienone is 4. The molecule has 34 heavy (non-hydrogen) atoms. The fraction of sp³-hybridized carbons (Fsp3) is 0.720. The zero-order valence-corrected chi connectivity index (χ0v) is 20.0. The van der Waals surface area contributed by atoms with Crippen LogP contribution in [0, 0.1) is 28.6 Å². The molecule has 0 aliphatic heterocycles. The Bertz CT molecular complexity index is 967. The highest BCUT2D eigenvalue weighted by Gasteiger charge is 2.75. The summed E-state index contributed by atoms with van der Waals surface area (Å²) in [5.74, 6) is -2.56. The summed E-state index contributed by atoms with van der Waals surface area (Å²) < 4.78 is 22.4. The van der Waals surface area contributed by atoms with Crippen LogP contribution < -0.4 is 11.1 Å². The minimum atomic E-state index is -2.02. The number of fused-ring (bicyclic) bond motifs is 5. The average molecular weight is 479 g/mol. The van der Waals surface area contributed by atoms with E-state index in [9.17, 15) is 24.6 Å². The summed E-state index contributed by atoms with van der Waals surface area (Å²) in [6, 6.07) is 0. The van der Waals surface area contributed by atoms with Crippen LogP contribution in [0.4, 0.5) is 4.39 Å². The summed E-state index contributed by atoms with van der Waals surface area (Å²) >= 11 is 0. The highest BCUT2D eigenvalue weighted by Crippen LogP contribution is 2.70. The van der Waals surface area contributed by atoms with Crippen LogP contribution in [0.1, 0.15) is 46.5 Å². The molecule has 0 radical (unpaired) electrons. The van der Waals surface area contributed by atoms with E-state index in [1.54, 1.807) is 26.8 Å². The van der Waals surface area contributed by atoms with Crippen LogP contribution in [0.2, 0.25) is 0 Å². The van der Waals surface area contributed by atoms with Crippen molar-refractivity contribution in [1.82, 2.24) is 5.32 Å². The van der Waals surface area contributed by atoms with Crippen LogP contribution in [0.25, 0.3) is 0 Å². The maximum Gasteiger partial charge on any atom is 0.235 e. The average Bonchev–Trinajstić information content (AvgIpc) is 2.99. The van der Waals surface area contributed by atoms with Crippen molar-refractivity contribution in [3.8, 4) is 0 Å². The highest BCUT2D eigenvalue weighted by molar-refractivity contribution is 6.01. The summed E-state index contributed by atoms with van der Waals surface area (Å²) in [7, 11) is 0. The molecule has 3 saturated carbocycles. The molecule has 8 nitrogen and oxygen atoms in total. The maximum atomic E-state index is 17.1. The number of rotatable bonds is 6. The Hall–Kier alpha value is -1.94. The minimum Gasteiger partial charge on any atom is -0.390 e. The summed E-state index contributed by atoms with van der Waals surface area (Å²) in [5.41, 5.74) is -0.0982. The number of halogens is 1. The zero-order chi connectivity index (χ0) is 25.1.